The smallest absolute Gasteiger partial charge is 0.138 e. The van der Waals surface area contributed by atoms with E-state index in [1.807, 2.05) is 36.4 Å². The summed E-state index contributed by atoms with van der Waals surface area (Å²) >= 11 is 6.21. The molecule has 3 aromatic rings. The third kappa shape index (κ3) is 3.43. The number of aryl methyl sites for hydroxylation is 1. The van der Waals surface area contributed by atoms with Crippen LogP contribution in [0.25, 0.3) is 10.9 Å². The Hall–Kier alpha value is -2.39. The molecule has 0 radical (unpaired) electrons. The van der Waals surface area contributed by atoms with Crippen molar-refractivity contribution in [1.29, 1.82) is 0 Å². The fourth-order valence-electron chi connectivity index (χ4n) is 2.23. The van der Waals surface area contributed by atoms with Gasteiger partial charge >= 0.3 is 0 Å². The lowest BCUT2D eigenvalue weighted by molar-refractivity contribution is 0.748. The van der Waals surface area contributed by atoms with Crippen LogP contribution in [0.3, 0.4) is 0 Å². The SMILES string of the molecule is Cc1ccc2nc(Cl)c(C=NNCc3ccccc3)cc2c1. The molecule has 110 valence electrons. The number of hydrogen-bond donors (Lipinski definition) is 1. The highest BCUT2D eigenvalue weighted by atomic mass is 35.5. The predicted octanol–water partition coefficient (Wildman–Crippen LogP) is 4.32. The Morgan fingerprint density at radius 2 is 1.95 bits per heavy atom. The second-order valence-electron chi connectivity index (χ2n) is 5.14. The van der Waals surface area contributed by atoms with E-state index in [2.05, 4.69) is 40.6 Å². The van der Waals surface area contributed by atoms with Gasteiger partial charge in [0.2, 0.25) is 0 Å². The van der Waals surface area contributed by atoms with E-state index in [9.17, 15) is 0 Å². The first-order valence-corrected chi connectivity index (χ1v) is 7.47. The number of aromatic nitrogens is 1. The average molecular weight is 310 g/mol. The molecular formula is C18H16ClN3. The summed E-state index contributed by atoms with van der Waals surface area (Å²) in [6.07, 6.45) is 1.71. The molecule has 0 saturated carbocycles. The van der Waals surface area contributed by atoms with Crippen molar-refractivity contribution in [2.24, 2.45) is 5.10 Å². The van der Waals surface area contributed by atoms with Crippen LogP contribution in [-0.2, 0) is 6.54 Å². The summed E-state index contributed by atoms with van der Waals surface area (Å²) in [5, 5.41) is 5.75. The van der Waals surface area contributed by atoms with Gasteiger partial charge in [-0.1, -0.05) is 53.6 Å². The van der Waals surface area contributed by atoms with E-state index in [1.165, 1.54) is 11.1 Å². The highest BCUT2D eigenvalue weighted by molar-refractivity contribution is 6.32. The molecule has 0 bridgehead atoms. The van der Waals surface area contributed by atoms with Crippen molar-refractivity contribution in [3.63, 3.8) is 0 Å². The molecule has 0 atom stereocenters. The minimum atomic E-state index is 0.460. The van der Waals surface area contributed by atoms with Crippen LogP contribution in [0.5, 0.6) is 0 Å². The standard InChI is InChI=1S/C18H16ClN3/c1-13-7-8-17-15(9-13)10-16(18(19)22-17)12-21-20-11-14-5-3-2-4-6-14/h2-10,12,20H,11H2,1H3. The Labute approximate surface area is 134 Å². The summed E-state index contributed by atoms with van der Waals surface area (Å²) in [6.45, 7) is 2.73. The van der Waals surface area contributed by atoms with Crippen LogP contribution in [0.1, 0.15) is 16.7 Å². The van der Waals surface area contributed by atoms with E-state index in [1.54, 1.807) is 6.21 Å². The van der Waals surface area contributed by atoms with E-state index in [0.717, 1.165) is 16.5 Å². The monoisotopic (exact) mass is 309 g/mol. The number of rotatable bonds is 4. The lowest BCUT2D eigenvalue weighted by Crippen LogP contribution is -2.05. The topological polar surface area (TPSA) is 37.3 Å². The van der Waals surface area contributed by atoms with E-state index in [4.69, 9.17) is 11.6 Å². The number of hydrogen-bond acceptors (Lipinski definition) is 3. The third-order valence-electron chi connectivity index (χ3n) is 3.37. The van der Waals surface area contributed by atoms with Crippen molar-refractivity contribution in [2.75, 3.05) is 0 Å². The Morgan fingerprint density at radius 1 is 1.14 bits per heavy atom. The first-order chi connectivity index (χ1) is 10.7. The molecule has 0 fully saturated rings. The molecule has 2 aromatic carbocycles. The number of halogens is 1. The minimum Gasteiger partial charge on any atom is -0.306 e. The molecular weight excluding hydrogens is 294 g/mol. The predicted molar refractivity (Wildman–Crippen MR) is 92.4 cm³/mol. The summed E-state index contributed by atoms with van der Waals surface area (Å²) in [4.78, 5) is 4.40. The van der Waals surface area contributed by atoms with Gasteiger partial charge in [-0.2, -0.15) is 5.10 Å². The molecule has 0 spiro atoms. The van der Waals surface area contributed by atoms with Gasteiger partial charge in [0.25, 0.3) is 0 Å². The Balaban J connectivity index is 1.75. The number of hydrazone groups is 1. The zero-order valence-electron chi connectivity index (χ0n) is 12.3. The van der Waals surface area contributed by atoms with Crippen LogP contribution in [0.15, 0.2) is 59.7 Å². The van der Waals surface area contributed by atoms with E-state index in [0.29, 0.717) is 11.7 Å². The minimum absolute atomic E-state index is 0.460. The Morgan fingerprint density at radius 3 is 2.77 bits per heavy atom. The highest BCUT2D eigenvalue weighted by Gasteiger charge is 2.03. The molecule has 0 amide bonds. The van der Waals surface area contributed by atoms with Gasteiger partial charge in [-0.3, -0.25) is 0 Å². The highest BCUT2D eigenvalue weighted by Crippen LogP contribution is 2.20. The third-order valence-corrected chi connectivity index (χ3v) is 3.67. The number of pyridine rings is 1. The molecule has 4 heteroatoms. The molecule has 0 aliphatic heterocycles. The van der Waals surface area contributed by atoms with Gasteiger partial charge in [0.1, 0.15) is 5.15 Å². The number of nitrogens with one attached hydrogen (secondary N) is 1. The van der Waals surface area contributed by atoms with Crippen LogP contribution in [0.4, 0.5) is 0 Å². The fourth-order valence-corrected chi connectivity index (χ4v) is 2.42. The first-order valence-electron chi connectivity index (χ1n) is 7.09. The summed E-state index contributed by atoms with van der Waals surface area (Å²) in [7, 11) is 0. The van der Waals surface area contributed by atoms with Crippen molar-refractivity contribution in [2.45, 2.75) is 13.5 Å². The van der Waals surface area contributed by atoms with Crippen LogP contribution in [0, 0.1) is 6.92 Å². The van der Waals surface area contributed by atoms with Crippen molar-refractivity contribution in [3.8, 4) is 0 Å². The maximum atomic E-state index is 6.21. The molecule has 0 aliphatic carbocycles. The van der Waals surface area contributed by atoms with Crippen molar-refractivity contribution < 1.29 is 0 Å². The van der Waals surface area contributed by atoms with E-state index in [-0.39, 0.29) is 0 Å². The quantitative estimate of drug-likeness (QED) is 0.443. The van der Waals surface area contributed by atoms with Crippen LogP contribution < -0.4 is 5.43 Å². The van der Waals surface area contributed by atoms with Gasteiger partial charge in [0.05, 0.1) is 18.3 Å². The molecule has 3 nitrogen and oxygen atoms in total. The molecule has 3 rings (SSSR count). The molecule has 1 N–H and O–H groups in total. The van der Waals surface area contributed by atoms with Crippen molar-refractivity contribution in [3.05, 3.63) is 76.4 Å². The Kier molecular flexibility index (Phi) is 4.35. The second-order valence-corrected chi connectivity index (χ2v) is 5.50. The zero-order valence-corrected chi connectivity index (χ0v) is 13.0. The maximum absolute atomic E-state index is 6.21. The molecule has 0 unspecified atom stereocenters. The normalized spacial score (nSPS) is 11.2. The van der Waals surface area contributed by atoms with Crippen LogP contribution in [-0.4, -0.2) is 11.2 Å². The van der Waals surface area contributed by atoms with E-state index < -0.39 is 0 Å². The molecule has 22 heavy (non-hydrogen) atoms. The molecule has 0 aliphatic rings. The largest absolute Gasteiger partial charge is 0.306 e. The van der Waals surface area contributed by atoms with Crippen LogP contribution >= 0.6 is 11.6 Å². The van der Waals surface area contributed by atoms with Gasteiger partial charge < -0.3 is 5.43 Å². The lowest BCUT2D eigenvalue weighted by atomic mass is 10.1. The summed E-state index contributed by atoms with van der Waals surface area (Å²) < 4.78 is 0. The van der Waals surface area contributed by atoms with Gasteiger partial charge in [0, 0.05) is 10.9 Å². The Bertz CT molecular complexity index is 813. The summed E-state index contributed by atoms with van der Waals surface area (Å²) in [6, 6.07) is 18.2. The number of nitrogens with zero attached hydrogens (tertiary/aromatic N) is 2. The summed E-state index contributed by atoms with van der Waals surface area (Å²) in [5.41, 5.74) is 7.09. The number of fused-ring (bicyclic) bond motifs is 1. The van der Waals surface area contributed by atoms with Crippen molar-refractivity contribution in [1.82, 2.24) is 10.4 Å². The number of benzene rings is 2. The van der Waals surface area contributed by atoms with Crippen molar-refractivity contribution >= 4 is 28.7 Å². The van der Waals surface area contributed by atoms with Gasteiger partial charge in [0.15, 0.2) is 0 Å². The van der Waals surface area contributed by atoms with Gasteiger partial charge in [-0.15, -0.1) is 0 Å². The zero-order chi connectivity index (χ0) is 15.4. The fraction of sp³-hybridized carbons (Fsp3) is 0.111. The van der Waals surface area contributed by atoms with E-state index >= 15 is 0 Å². The lowest BCUT2D eigenvalue weighted by Gasteiger charge is -2.04. The van der Waals surface area contributed by atoms with Crippen LogP contribution in [0.2, 0.25) is 5.15 Å². The molecule has 1 heterocycles. The molecule has 1 aromatic heterocycles. The second kappa shape index (κ2) is 6.58. The maximum Gasteiger partial charge on any atom is 0.138 e. The first kappa shape index (κ1) is 14.5. The summed E-state index contributed by atoms with van der Waals surface area (Å²) in [5.74, 6) is 0. The molecule has 0 saturated heterocycles. The van der Waals surface area contributed by atoms with Gasteiger partial charge in [-0.05, 0) is 30.7 Å². The average Bonchev–Trinajstić information content (AvgIpc) is 2.53. The van der Waals surface area contributed by atoms with Gasteiger partial charge in [-0.25, -0.2) is 4.98 Å².